The number of hydrogen-bond donors (Lipinski definition) is 2. The van der Waals surface area contributed by atoms with E-state index in [0.717, 1.165) is 5.56 Å². The molecule has 0 fully saturated rings. The SMILES string of the molecule is CNc1ccc([N+](=O)[O-])cc1C(=O)NCc1ccc(OC)nc1. The lowest BCUT2D eigenvalue weighted by Crippen LogP contribution is -2.24. The zero-order valence-electron chi connectivity index (χ0n) is 12.7. The Bertz CT molecular complexity index is 716. The maximum atomic E-state index is 12.3. The number of benzene rings is 1. The number of anilines is 1. The topological polar surface area (TPSA) is 106 Å². The molecular weight excluding hydrogens is 300 g/mol. The molecule has 0 saturated heterocycles. The van der Waals surface area contributed by atoms with Crippen molar-refractivity contribution < 1.29 is 14.5 Å². The molecule has 1 aromatic carbocycles. The summed E-state index contributed by atoms with van der Waals surface area (Å²) < 4.78 is 4.96. The Balaban J connectivity index is 2.12. The van der Waals surface area contributed by atoms with Gasteiger partial charge in [-0.2, -0.15) is 0 Å². The number of methoxy groups -OCH3 is 1. The van der Waals surface area contributed by atoms with Crippen molar-refractivity contribution in [2.24, 2.45) is 0 Å². The Hall–Kier alpha value is -3.16. The lowest BCUT2D eigenvalue weighted by molar-refractivity contribution is -0.384. The van der Waals surface area contributed by atoms with Crippen LogP contribution in [0.25, 0.3) is 0 Å². The van der Waals surface area contributed by atoms with E-state index in [-0.39, 0.29) is 17.8 Å². The number of amides is 1. The molecule has 0 saturated carbocycles. The molecule has 0 radical (unpaired) electrons. The number of nitro groups is 1. The highest BCUT2D eigenvalue weighted by molar-refractivity contribution is 6.00. The first-order valence-corrected chi connectivity index (χ1v) is 6.78. The lowest BCUT2D eigenvalue weighted by atomic mass is 10.1. The van der Waals surface area contributed by atoms with E-state index in [9.17, 15) is 14.9 Å². The quantitative estimate of drug-likeness (QED) is 0.623. The highest BCUT2D eigenvalue weighted by Gasteiger charge is 2.16. The molecule has 0 atom stereocenters. The monoisotopic (exact) mass is 316 g/mol. The fourth-order valence-corrected chi connectivity index (χ4v) is 1.97. The number of carbonyl (C=O) groups is 1. The van der Waals surface area contributed by atoms with Gasteiger partial charge in [0.05, 0.1) is 17.6 Å². The number of hydrogen-bond acceptors (Lipinski definition) is 6. The number of carbonyl (C=O) groups excluding carboxylic acids is 1. The molecule has 1 amide bonds. The lowest BCUT2D eigenvalue weighted by Gasteiger charge is -2.10. The second-order valence-corrected chi connectivity index (χ2v) is 4.63. The Morgan fingerprint density at radius 3 is 2.70 bits per heavy atom. The molecule has 8 nitrogen and oxygen atoms in total. The number of nitrogens with one attached hydrogen (secondary N) is 2. The van der Waals surface area contributed by atoms with E-state index in [2.05, 4.69) is 15.6 Å². The molecule has 2 aromatic rings. The molecular formula is C15H16N4O4. The van der Waals surface area contributed by atoms with Crippen molar-refractivity contribution in [3.63, 3.8) is 0 Å². The average Bonchev–Trinajstić information content (AvgIpc) is 2.59. The summed E-state index contributed by atoms with van der Waals surface area (Å²) in [5.41, 5.74) is 1.37. The predicted octanol–water partition coefficient (Wildman–Crippen LogP) is 1.97. The van der Waals surface area contributed by atoms with Gasteiger partial charge in [0.25, 0.3) is 11.6 Å². The number of ether oxygens (including phenoxy) is 1. The Labute approximate surface area is 132 Å². The second kappa shape index (κ2) is 7.21. The van der Waals surface area contributed by atoms with E-state index >= 15 is 0 Å². The molecule has 0 aliphatic carbocycles. The van der Waals surface area contributed by atoms with Gasteiger partial charge in [-0.05, 0) is 11.6 Å². The molecule has 0 spiro atoms. The maximum absolute atomic E-state index is 12.3. The minimum absolute atomic E-state index is 0.139. The van der Waals surface area contributed by atoms with Gasteiger partial charge in [-0.3, -0.25) is 14.9 Å². The summed E-state index contributed by atoms with van der Waals surface area (Å²) in [7, 11) is 3.16. The van der Waals surface area contributed by atoms with Gasteiger partial charge >= 0.3 is 0 Å². The minimum Gasteiger partial charge on any atom is -0.481 e. The van der Waals surface area contributed by atoms with Gasteiger partial charge in [-0.15, -0.1) is 0 Å². The van der Waals surface area contributed by atoms with Crippen LogP contribution in [-0.4, -0.2) is 30.0 Å². The third-order valence-electron chi connectivity index (χ3n) is 3.19. The number of rotatable bonds is 6. The summed E-state index contributed by atoms with van der Waals surface area (Å²) in [5.74, 6) is 0.0742. The summed E-state index contributed by atoms with van der Waals surface area (Å²) in [6, 6.07) is 7.55. The van der Waals surface area contributed by atoms with Gasteiger partial charge in [0.15, 0.2) is 0 Å². The molecule has 23 heavy (non-hydrogen) atoms. The van der Waals surface area contributed by atoms with Crippen LogP contribution in [0.1, 0.15) is 15.9 Å². The highest BCUT2D eigenvalue weighted by Crippen LogP contribution is 2.21. The first-order chi connectivity index (χ1) is 11.0. The largest absolute Gasteiger partial charge is 0.481 e. The molecule has 0 aliphatic heterocycles. The van der Waals surface area contributed by atoms with E-state index in [1.165, 1.54) is 25.3 Å². The molecule has 0 bridgehead atoms. The molecule has 8 heteroatoms. The third-order valence-corrected chi connectivity index (χ3v) is 3.19. The molecule has 2 rings (SSSR count). The van der Waals surface area contributed by atoms with Gasteiger partial charge in [-0.25, -0.2) is 4.98 Å². The number of nitro benzene ring substituents is 1. The van der Waals surface area contributed by atoms with E-state index in [4.69, 9.17) is 4.74 Å². The van der Waals surface area contributed by atoms with Gasteiger partial charge in [0.2, 0.25) is 5.88 Å². The summed E-state index contributed by atoms with van der Waals surface area (Å²) in [6.45, 7) is 0.252. The Morgan fingerprint density at radius 2 is 2.13 bits per heavy atom. The Kier molecular flexibility index (Phi) is 5.08. The number of nitrogens with zero attached hydrogens (tertiary/aromatic N) is 2. The van der Waals surface area contributed by atoms with Crippen LogP contribution in [0.2, 0.25) is 0 Å². The van der Waals surface area contributed by atoms with Crippen molar-refractivity contribution >= 4 is 17.3 Å². The first-order valence-electron chi connectivity index (χ1n) is 6.78. The zero-order valence-corrected chi connectivity index (χ0v) is 12.7. The third kappa shape index (κ3) is 3.94. The summed E-state index contributed by atoms with van der Waals surface area (Å²) in [5, 5.41) is 16.4. The van der Waals surface area contributed by atoms with Crippen LogP contribution in [-0.2, 0) is 6.54 Å². The maximum Gasteiger partial charge on any atom is 0.270 e. The summed E-state index contributed by atoms with van der Waals surface area (Å²) in [4.78, 5) is 26.6. The van der Waals surface area contributed by atoms with Gasteiger partial charge < -0.3 is 15.4 Å². The van der Waals surface area contributed by atoms with E-state index in [0.29, 0.717) is 11.6 Å². The van der Waals surface area contributed by atoms with Crippen LogP contribution in [0.4, 0.5) is 11.4 Å². The first kappa shape index (κ1) is 16.2. The van der Waals surface area contributed by atoms with Crippen LogP contribution < -0.4 is 15.4 Å². The number of pyridine rings is 1. The normalized spacial score (nSPS) is 10.0. The average molecular weight is 316 g/mol. The summed E-state index contributed by atoms with van der Waals surface area (Å²) >= 11 is 0. The van der Waals surface area contributed by atoms with Crippen molar-refractivity contribution in [3.8, 4) is 5.88 Å². The second-order valence-electron chi connectivity index (χ2n) is 4.63. The van der Waals surface area contributed by atoms with E-state index < -0.39 is 10.8 Å². The van der Waals surface area contributed by atoms with Gasteiger partial charge in [0.1, 0.15) is 0 Å². The minimum atomic E-state index is -0.538. The van der Waals surface area contributed by atoms with Gasteiger partial charge in [0, 0.05) is 43.7 Å². The van der Waals surface area contributed by atoms with Crippen LogP contribution >= 0.6 is 0 Å². The van der Waals surface area contributed by atoms with Crippen LogP contribution in [0.15, 0.2) is 36.5 Å². The fourth-order valence-electron chi connectivity index (χ4n) is 1.97. The van der Waals surface area contributed by atoms with Crippen LogP contribution in [0.5, 0.6) is 5.88 Å². The summed E-state index contributed by atoms with van der Waals surface area (Å²) in [6.07, 6.45) is 1.59. The molecule has 2 N–H and O–H groups in total. The molecule has 1 aromatic heterocycles. The van der Waals surface area contributed by atoms with Crippen LogP contribution in [0, 0.1) is 10.1 Å². The van der Waals surface area contributed by atoms with Crippen molar-refractivity contribution in [1.29, 1.82) is 0 Å². The van der Waals surface area contributed by atoms with Crippen molar-refractivity contribution in [1.82, 2.24) is 10.3 Å². The number of aromatic nitrogens is 1. The smallest absolute Gasteiger partial charge is 0.270 e. The van der Waals surface area contributed by atoms with Gasteiger partial charge in [-0.1, -0.05) is 6.07 Å². The molecule has 0 aliphatic rings. The standard InChI is InChI=1S/C15H16N4O4/c1-16-13-5-4-11(19(21)22)7-12(13)15(20)18-9-10-3-6-14(23-2)17-8-10/h3-8,16H,9H2,1-2H3,(H,18,20). The van der Waals surface area contributed by atoms with Crippen molar-refractivity contribution in [3.05, 3.63) is 57.8 Å². The van der Waals surface area contributed by atoms with Crippen LogP contribution in [0.3, 0.4) is 0 Å². The zero-order chi connectivity index (χ0) is 16.8. The van der Waals surface area contributed by atoms with E-state index in [1.807, 2.05) is 0 Å². The predicted molar refractivity (Wildman–Crippen MR) is 84.6 cm³/mol. The number of non-ortho nitro benzene ring substituents is 1. The molecule has 1 heterocycles. The Morgan fingerprint density at radius 1 is 1.35 bits per heavy atom. The highest BCUT2D eigenvalue weighted by atomic mass is 16.6. The van der Waals surface area contributed by atoms with Crippen molar-refractivity contribution in [2.45, 2.75) is 6.54 Å². The van der Waals surface area contributed by atoms with Crippen molar-refractivity contribution in [2.75, 3.05) is 19.5 Å². The van der Waals surface area contributed by atoms with E-state index in [1.54, 1.807) is 25.4 Å². The molecule has 0 unspecified atom stereocenters. The molecule has 120 valence electrons. The fraction of sp³-hybridized carbons (Fsp3) is 0.200.